The molecule has 1 unspecified atom stereocenters. The number of hydrogen-bond donors (Lipinski definition) is 1. The van der Waals surface area contributed by atoms with Gasteiger partial charge in [-0.25, -0.2) is 4.79 Å². The van der Waals surface area contributed by atoms with Gasteiger partial charge in [-0.1, -0.05) is 12.1 Å². The maximum absolute atomic E-state index is 12.2. The summed E-state index contributed by atoms with van der Waals surface area (Å²) >= 11 is 0. The lowest BCUT2D eigenvalue weighted by Gasteiger charge is -2.28. The van der Waals surface area contributed by atoms with E-state index in [1.165, 1.54) is 17.7 Å². The van der Waals surface area contributed by atoms with E-state index in [4.69, 9.17) is 4.74 Å². The lowest BCUT2D eigenvalue weighted by molar-refractivity contribution is 0.0874. The van der Waals surface area contributed by atoms with Crippen molar-refractivity contribution in [3.05, 3.63) is 29.3 Å². The molecular weight excluding hydrogens is 290 g/mol. The summed E-state index contributed by atoms with van der Waals surface area (Å²) in [6.07, 6.45) is 4.67. The van der Waals surface area contributed by atoms with Gasteiger partial charge in [0.15, 0.2) is 0 Å². The van der Waals surface area contributed by atoms with E-state index >= 15 is 0 Å². The van der Waals surface area contributed by atoms with E-state index in [1.54, 1.807) is 4.90 Å². The summed E-state index contributed by atoms with van der Waals surface area (Å²) in [6.45, 7) is 3.19. The Morgan fingerprint density at radius 1 is 1.43 bits per heavy atom. The number of hydrogen-bond acceptors (Lipinski definition) is 3. The lowest BCUT2D eigenvalue weighted by Crippen LogP contribution is -2.40. The minimum atomic E-state index is -0.0321. The fourth-order valence-electron chi connectivity index (χ4n) is 3.44. The Balaban J connectivity index is 1.52. The molecule has 1 N–H and O–H groups in total. The molecule has 1 fully saturated rings. The van der Waals surface area contributed by atoms with E-state index in [0.29, 0.717) is 13.1 Å². The zero-order valence-electron chi connectivity index (χ0n) is 14.2. The monoisotopic (exact) mass is 317 g/mol. The molecule has 1 atom stereocenters. The number of amides is 2. The van der Waals surface area contributed by atoms with Crippen molar-refractivity contribution >= 4 is 11.7 Å². The number of aryl methyl sites for hydroxylation is 1. The molecule has 2 heterocycles. The van der Waals surface area contributed by atoms with E-state index in [-0.39, 0.29) is 12.1 Å². The highest BCUT2D eigenvalue weighted by atomic mass is 16.5. The fraction of sp³-hybridized carbons (Fsp3) is 0.611. The van der Waals surface area contributed by atoms with Crippen LogP contribution in [-0.4, -0.2) is 50.8 Å². The summed E-state index contributed by atoms with van der Waals surface area (Å²) < 4.78 is 5.58. The first-order valence-corrected chi connectivity index (χ1v) is 8.57. The molecule has 2 aliphatic rings. The molecule has 0 saturated carbocycles. The van der Waals surface area contributed by atoms with E-state index in [9.17, 15) is 4.79 Å². The number of urea groups is 1. The van der Waals surface area contributed by atoms with Gasteiger partial charge in [0.1, 0.15) is 0 Å². The highest BCUT2D eigenvalue weighted by Gasteiger charge is 2.20. The predicted octanol–water partition coefficient (Wildman–Crippen LogP) is 2.39. The number of fused-ring (bicyclic) bond motifs is 1. The van der Waals surface area contributed by atoms with Crippen LogP contribution < -0.4 is 10.2 Å². The van der Waals surface area contributed by atoms with Crippen LogP contribution in [0.5, 0.6) is 0 Å². The SMILES string of the molecule is CN(CC1CCCO1)C(=O)NCc1ccc2c(c1)CCCN2C. The molecular formula is C18H27N3O2. The molecule has 0 aliphatic carbocycles. The van der Waals surface area contributed by atoms with Crippen LogP contribution in [-0.2, 0) is 17.7 Å². The molecule has 0 bridgehead atoms. The highest BCUT2D eigenvalue weighted by molar-refractivity contribution is 5.74. The van der Waals surface area contributed by atoms with Gasteiger partial charge in [0.05, 0.1) is 6.10 Å². The number of nitrogens with zero attached hydrogens (tertiary/aromatic N) is 2. The second-order valence-electron chi connectivity index (χ2n) is 6.66. The second-order valence-corrected chi connectivity index (χ2v) is 6.66. The smallest absolute Gasteiger partial charge is 0.317 e. The van der Waals surface area contributed by atoms with Gasteiger partial charge in [-0.3, -0.25) is 0 Å². The summed E-state index contributed by atoms with van der Waals surface area (Å²) in [7, 11) is 3.97. The van der Waals surface area contributed by atoms with Crippen molar-refractivity contribution in [2.75, 3.05) is 38.7 Å². The van der Waals surface area contributed by atoms with Gasteiger partial charge >= 0.3 is 6.03 Å². The fourth-order valence-corrected chi connectivity index (χ4v) is 3.44. The Morgan fingerprint density at radius 3 is 3.09 bits per heavy atom. The Hall–Kier alpha value is -1.75. The van der Waals surface area contributed by atoms with Crippen LogP contribution in [0.3, 0.4) is 0 Å². The predicted molar refractivity (Wildman–Crippen MR) is 91.9 cm³/mol. The average molecular weight is 317 g/mol. The van der Waals surface area contributed by atoms with Gasteiger partial charge in [0.25, 0.3) is 0 Å². The van der Waals surface area contributed by atoms with Crippen molar-refractivity contribution in [2.24, 2.45) is 0 Å². The van der Waals surface area contributed by atoms with E-state index < -0.39 is 0 Å². The van der Waals surface area contributed by atoms with Crippen LogP contribution in [0.1, 0.15) is 30.4 Å². The minimum absolute atomic E-state index is 0.0321. The van der Waals surface area contributed by atoms with Crippen molar-refractivity contribution in [1.29, 1.82) is 0 Å². The van der Waals surface area contributed by atoms with Crippen LogP contribution >= 0.6 is 0 Å². The van der Waals surface area contributed by atoms with E-state index in [2.05, 4.69) is 35.5 Å². The number of carbonyl (C=O) groups excluding carboxylic acids is 1. The number of anilines is 1. The maximum atomic E-state index is 12.2. The number of likely N-dealkylation sites (N-methyl/N-ethyl adjacent to an activating group) is 1. The van der Waals surface area contributed by atoms with Crippen LogP contribution in [0.15, 0.2) is 18.2 Å². The molecule has 5 heteroatoms. The Labute approximate surface area is 138 Å². The summed E-state index contributed by atoms with van der Waals surface area (Å²) in [5.74, 6) is 0. The van der Waals surface area contributed by atoms with Crippen LogP contribution in [0.2, 0.25) is 0 Å². The van der Waals surface area contributed by atoms with Crippen molar-refractivity contribution in [3.8, 4) is 0 Å². The normalized spacial score (nSPS) is 20.3. The molecule has 3 rings (SSSR count). The molecule has 126 valence electrons. The number of carbonyl (C=O) groups is 1. The second kappa shape index (κ2) is 7.21. The summed E-state index contributed by atoms with van der Waals surface area (Å²) in [4.78, 5) is 16.2. The zero-order valence-corrected chi connectivity index (χ0v) is 14.2. The van der Waals surface area contributed by atoms with Crippen molar-refractivity contribution < 1.29 is 9.53 Å². The molecule has 0 radical (unpaired) electrons. The third-order valence-electron chi connectivity index (χ3n) is 4.79. The number of benzene rings is 1. The van der Waals surface area contributed by atoms with Gasteiger partial charge in [-0.05, 0) is 42.9 Å². The topological polar surface area (TPSA) is 44.8 Å². The summed E-state index contributed by atoms with van der Waals surface area (Å²) in [5.41, 5.74) is 3.87. The van der Waals surface area contributed by atoms with Gasteiger partial charge in [-0.2, -0.15) is 0 Å². The average Bonchev–Trinajstić information content (AvgIpc) is 3.05. The highest BCUT2D eigenvalue weighted by Crippen LogP contribution is 2.26. The van der Waals surface area contributed by atoms with Crippen LogP contribution in [0, 0.1) is 0 Å². The van der Waals surface area contributed by atoms with Gasteiger partial charge in [0.2, 0.25) is 0 Å². The third kappa shape index (κ3) is 3.96. The number of ether oxygens (including phenoxy) is 1. The lowest BCUT2D eigenvalue weighted by atomic mass is 9.99. The molecule has 2 amide bonds. The summed E-state index contributed by atoms with van der Waals surface area (Å²) in [5, 5.41) is 3.01. The molecule has 0 aromatic heterocycles. The quantitative estimate of drug-likeness (QED) is 0.927. The largest absolute Gasteiger partial charge is 0.376 e. The van der Waals surface area contributed by atoms with Crippen LogP contribution in [0.25, 0.3) is 0 Å². The Bertz CT molecular complexity index is 555. The first-order chi connectivity index (χ1) is 11.1. The van der Waals surface area contributed by atoms with E-state index in [1.807, 2.05) is 7.05 Å². The van der Waals surface area contributed by atoms with E-state index in [0.717, 1.165) is 38.0 Å². The third-order valence-corrected chi connectivity index (χ3v) is 4.79. The maximum Gasteiger partial charge on any atom is 0.317 e. The molecule has 5 nitrogen and oxygen atoms in total. The van der Waals surface area contributed by atoms with Crippen molar-refractivity contribution in [1.82, 2.24) is 10.2 Å². The van der Waals surface area contributed by atoms with Gasteiger partial charge in [0, 0.05) is 46.0 Å². The van der Waals surface area contributed by atoms with Gasteiger partial charge < -0.3 is 19.9 Å². The Kier molecular flexibility index (Phi) is 5.06. The summed E-state index contributed by atoms with van der Waals surface area (Å²) in [6, 6.07) is 6.48. The first-order valence-electron chi connectivity index (χ1n) is 8.57. The van der Waals surface area contributed by atoms with Crippen LogP contribution in [0.4, 0.5) is 10.5 Å². The molecule has 23 heavy (non-hydrogen) atoms. The number of nitrogens with one attached hydrogen (secondary N) is 1. The first kappa shape index (κ1) is 16.1. The molecule has 1 aromatic rings. The standard InChI is InChI=1S/C18H27N3O2/c1-20-9-3-5-15-11-14(7-8-17(15)20)12-19-18(22)21(2)13-16-6-4-10-23-16/h7-8,11,16H,3-6,9-10,12-13H2,1-2H3,(H,19,22). The molecule has 1 saturated heterocycles. The zero-order chi connectivity index (χ0) is 16.2. The molecule has 2 aliphatic heterocycles. The molecule has 0 spiro atoms. The molecule has 1 aromatic carbocycles. The minimum Gasteiger partial charge on any atom is -0.376 e. The van der Waals surface area contributed by atoms with Gasteiger partial charge in [-0.15, -0.1) is 0 Å². The van der Waals surface area contributed by atoms with Crippen molar-refractivity contribution in [2.45, 2.75) is 38.3 Å². The Morgan fingerprint density at radius 2 is 2.30 bits per heavy atom. The number of rotatable bonds is 4. The van der Waals surface area contributed by atoms with Crippen molar-refractivity contribution in [3.63, 3.8) is 0 Å².